The molecule has 3 N–H and O–H groups in total. The molecule has 0 rings (SSSR count). The fourth-order valence-corrected chi connectivity index (χ4v) is 12.2. The third-order valence-corrected chi connectivity index (χ3v) is 18.2. The molecule has 0 radical (unpaired) electrons. The van der Waals surface area contributed by atoms with Crippen molar-refractivity contribution >= 4 is 39.5 Å². The third kappa shape index (κ3) is 64.6. The summed E-state index contributed by atoms with van der Waals surface area (Å²) in [5, 5.41) is 10.6. The maximum atomic E-state index is 13.0. The van der Waals surface area contributed by atoms with Gasteiger partial charge < -0.3 is 33.8 Å². The number of esters is 4. The highest BCUT2D eigenvalue weighted by Crippen LogP contribution is 2.45. The number of phosphoric ester groups is 2. The predicted molar refractivity (Wildman–Crippen MR) is 358 cm³/mol. The molecule has 89 heavy (non-hydrogen) atoms. The lowest BCUT2D eigenvalue weighted by molar-refractivity contribution is -0.161. The Balaban J connectivity index is 5.18. The van der Waals surface area contributed by atoms with Gasteiger partial charge in [-0.15, -0.1) is 0 Å². The van der Waals surface area contributed by atoms with Gasteiger partial charge >= 0.3 is 39.5 Å². The molecule has 17 nitrogen and oxygen atoms in total. The Bertz CT molecular complexity index is 1720. The quantitative estimate of drug-likeness (QED) is 0.0222. The normalized spacial score (nSPS) is 14.1. The zero-order valence-corrected chi connectivity index (χ0v) is 59.4. The highest BCUT2D eigenvalue weighted by atomic mass is 31.2. The number of carbonyl (C=O) groups is 4. The summed E-state index contributed by atoms with van der Waals surface area (Å²) in [5.41, 5.74) is 0. The molecule has 0 fully saturated rings. The van der Waals surface area contributed by atoms with E-state index < -0.39 is 97.5 Å². The minimum absolute atomic E-state index is 0.107. The van der Waals surface area contributed by atoms with Crippen LogP contribution in [0.1, 0.15) is 362 Å². The number of unbranched alkanes of at least 4 members (excludes halogenated alkanes) is 42. The van der Waals surface area contributed by atoms with E-state index >= 15 is 0 Å². The number of ether oxygens (including phenoxy) is 4. The molecule has 19 heteroatoms. The number of carbonyl (C=O) groups excluding carboxylic acids is 4. The summed E-state index contributed by atoms with van der Waals surface area (Å²) in [6.45, 7) is 7.19. The van der Waals surface area contributed by atoms with Crippen molar-refractivity contribution in [2.75, 3.05) is 39.6 Å². The summed E-state index contributed by atoms with van der Waals surface area (Å²) in [4.78, 5) is 72.4. The SMILES string of the molecule is CCCCCCCCCCCCCCCCCCCCCC(=O)O[C@H](COC(=O)CCCCCCCCCCC(C)C)COP(=O)(O)OC[C@@H](O)COP(=O)(O)OC[C@@H](COC(=O)CCCCCCCCCCC)OC(=O)CCCCCCCCCCCC. The Kier molecular flexibility index (Phi) is 62.1. The number of hydrogen-bond donors (Lipinski definition) is 3. The number of aliphatic hydroxyl groups is 1. The summed E-state index contributed by atoms with van der Waals surface area (Å²) in [6, 6.07) is 0. The standard InChI is InChI=1S/C70H136O17P2/c1-6-9-12-15-18-21-23-24-25-26-27-28-29-30-31-34-41-46-51-56-70(75)87-66(60-81-68(73)54-49-44-39-36-35-37-42-47-52-63(4)5)62-85-89(78,79)83-58-64(71)57-82-88(76,77)84-61-65(59-80-67(72)53-48-43-38-32-20-17-14-11-8-3)86-69(74)55-50-45-40-33-22-19-16-13-10-7-2/h63-66,71H,6-62H2,1-5H3,(H,76,77)(H,78,79)/t64-,65+,66+/m0/s1. The second kappa shape index (κ2) is 63.5. The van der Waals surface area contributed by atoms with Gasteiger partial charge in [-0.1, -0.05) is 311 Å². The van der Waals surface area contributed by atoms with Gasteiger partial charge in [-0.25, -0.2) is 9.13 Å². The van der Waals surface area contributed by atoms with Gasteiger partial charge in [-0.05, 0) is 31.6 Å². The molecule has 0 aliphatic carbocycles. The van der Waals surface area contributed by atoms with Gasteiger partial charge in [0.15, 0.2) is 12.2 Å². The van der Waals surface area contributed by atoms with Crippen molar-refractivity contribution in [1.82, 2.24) is 0 Å². The molecule has 2 unspecified atom stereocenters. The smallest absolute Gasteiger partial charge is 0.462 e. The van der Waals surface area contributed by atoms with Crippen LogP contribution in [0, 0.1) is 5.92 Å². The topological polar surface area (TPSA) is 237 Å². The van der Waals surface area contributed by atoms with Crippen molar-refractivity contribution in [1.29, 1.82) is 0 Å². The molecule has 0 aliphatic heterocycles. The molecule has 0 saturated heterocycles. The van der Waals surface area contributed by atoms with Crippen molar-refractivity contribution in [3.05, 3.63) is 0 Å². The molecule has 0 saturated carbocycles. The third-order valence-electron chi connectivity index (χ3n) is 16.3. The van der Waals surface area contributed by atoms with E-state index in [9.17, 15) is 43.2 Å². The first-order valence-corrected chi connectivity index (χ1v) is 39.6. The first-order valence-electron chi connectivity index (χ1n) is 36.6. The van der Waals surface area contributed by atoms with Crippen LogP contribution in [0.5, 0.6) is 0 Å². The van der Waals surface area contributed by atoms with E-state index in [0.717, 1.165) is 95.8 Å². The van der Waals surface area contributed by atoms with E-state index in [1.54, 1.807) is 0 Å². The van der Waals surface area contributed by atoms with Gasteiger partial charge in [0.2, 0.25) is 0 Å². The van der Waals surface area contributed by atoms with E-state index in [1.165, 1.54) is 186 Å². The highest BCUT2D eigenvalue weighted by Gasteiger charge is 2.30. The average Bonchev–Trinajstić information content (AvgIpc) is 3.59. The Morgan fingerprint density at radius 2 is 0.517 bits per heavy atom. The molecule has 0 aromatic heterocycles. The van der Waals surface area contributed by atoms with E-state index in [4.69, 9.17) is 37.0 Å². The molecule has 0 spiro atoms. The van der Waals surface area contributed by atoms with Gasteiger partial charge in [0.1, 0.15) is 19.3 Å². The number of hydrogen-bond acceptors (Lipinski definition) is 15. The molecular weight excluding hydrogens is 1170 g/mol. The zero-order valence-electron chi connectivity index (χ0n) is 57.6. The summed E-state index contributed by atoms with van der Waals surface area (Å²) < 4.78 is 68.2. The fourth-order valence-electron chi connectivity index (χ4n) is 10.6. The molecule has 0 aliphatic rings. The first kappa shape index (κ1) is 87.1. The Hall–Kier alpha value is -1.94. The minimum Gasteiger partial charge on any atom is -0.462 e. The van der Waals surface area contributed by atoms with Crippen molar-refractivity contribution in [2.24, 2.45) is 5.92 Å². The van der Waals surface area contributed by atoms with E-state index in [0.29, 0.717) is 25.7 Å². The number of rotatable bonds is 70. The fraction of sp³-hybridized carbons (Fsp3) is 0.943. The molecule has 0 aromatic carbocycles. The van der Waals surface area contributed by atoms with Crippen molar-refractivity contribution in [3.63, 3.8) is 0 Å². The van der Waals surface area contributed by atoms with Crippen LogP contribution in [-0.2, 0) is 65.4 Å². The van der Waals surface area contributed by atoms with Crippen LogP contribution in [0.25, 0.3) is 0 Å². The van der Waals surface area contributed by atoms with Crippen LogP contribution in [-0.4, -0.2) is 96.7 Å². The Labute approximate surface area is 543 Å². The molecule has 0 heterocycles. The van der Waals surface area contributed by atoms with Crippen LogP contribution in [0.4, 0.5) is 0 Å². The van der Waals surface area contributed by atoms with Gasteiger partial charge in [0, 0.05) is 25.7 Å². The average molecular weight is 1310 g/mol. The molecule has 5 atom stereocenters. The lowest BCUT2D eigenvalue weighted by Gasteiger charge is -2.21. The molecule has 0 aromatic rings. The van der Waals surface area contributed by atoms with Crippen LogP contribution < -0.4 is 0 Å². The second-order valence-electron chi connectivity index (χ2n) is 25.7. The summed E-state index contributed by atoms with van der Waals surface area (Å²) in [6.07, 6.45) is 50.0. The highest BCUT2D eigenvalue weighted by molar-refractivity contribution is 7.47. The van der Waals surface area contributed by atoms with Gasteiger partial charge in [0.05, 0.1) is 26.4 Å². The van der Waals surface area contributed by atoms with Crippen molar-refractivity contribution in [3.8, 4) is 0 Å². The largest absolute Gasteiger partial charge is 0.472 e. The van der Waals surface area contributed by atoms with E-state index in [2.05, 4.69) is 34.6 Å². The van der Waals surface area contributed by atoms with Crippen LogP contribution in [0.15, 0.2) is 0 Å². The molecule has 528 valence electrons. The van der Waals surface area contributed by atoms with Crippen molar-refractivity contribution in [2.45, 2.75) is 380 Å². The summed E-state index contributed by atoms with van der Waals surface area (Å²) in [5.74, 6) is -1.40. The molecule has 0 amide bonds. The zero-order chi connectivity index (χ0) is 65.6. The monoisotopic (exact) mass is 1310 g/mol. The van der Waals surface area contributed by atoms with Crippen LogP contribution in [0.3, 0.4) is 0 Å². The number of aliphatic hydroxyl groups excluding tert-OH is 1. The first-order chi connectivity index (χ1) is 43.0. The lowest BCUT2D eigenvalue weighted by Crippen LogP contribution is -2.30. The van der Waals surface area contributed by atoms with Gasteiger partial charge in [-0.2, -0.15) is 0 Å². The maximum Gasteiger partial charge on any atom is 0.472 e. The molecular formula is C70H136O17P2. The lowest BCUT2D eigenvalue weighted by atomic mass is 10.0. The minimum atomic E-state index is -4.95. The van der Waals surface area contributed by atoms with E-state index in [-0.39, 0.29) is 25.7 Å². The van der Waals surface area contributed by atoms with Gasteiger partial charge in [-0.3, -0.25) is 37.3 Å². The maximum absolute atomic E-state index is 13.0. The predicted octanol–water partition coefficient (Wildman–Crippen LogP) is 20.1. The summed E-state index contributed by atoms with van der Waals surface area (Å²) >= 11 is 0. The Morgan fingerprint density at radius 1 is 0.303 bits per heavy atom. The van der Waals surface area contributed by atoms with Crippen molar-refractivity contribution < 1.29 is 80.2 Å². The Morgan fingerprint density at radius 3 is 0.764 bits per heavy atom. The van der Waals surface area contributed by atoms with E-state index in [1.807, 2.05) is 0 Å². The summed E-state index contributed by atoms with van der Waals surface area (Å²) in [7, 11) is -9.89. The van der Waals surface area contributed by atoms with Crippen LogP contribution >= 0.6 is 15.6 Å². The van der Waals surface area contributed by atoms with Crippen LogP contribution in [0.2, 0.25) is 0 Å². The van der Waals surface area contributed by atoms with Gasteiger partial charge in [0.25, 0.3) is 0 Å². The molecule has 0 bridgehead atoms. The number of phosphoric acid groups is 2. The second-order valence-corrected chi connectivity index (χ2v) is 28.7.